The summed E-state index contributed by atoms with van der Waals surface area (Å²) in [5.74, 6) is 1.16. The fraction of sp³-hybridized carbons (Fsp3) is 0.611. The molecule has 1 unspecified atom stereocenters. The van der Waals surface area contributed by atoms with Crippen LogP contribution in [0.2, 0.25) is 0 Å². The molecular weight excluding hydrogens is 312 g/mol. The van der Waals surface area contributed by atoms with Crippen molar-refractivity contribution in [3.8, 4) is 5.75 Å². The van der Waals surface area contributed by atoms with Crippen molar-refractivity contribution in [3.63, 3.8) is 0 Å². The molecule has 6 heteroatoms. The van der Waals surface area contributed by atoms with E-state index >= 15 is 0 Å². The standard InChI is InChI=1S/C18H27F2N3O/c1-3-21-18(22-10-4-9-19)23-13(2)15-7-8-17(16(20)11-15)24-12-14-5-6-14/h7-8,11,13-14H,3-6,9-10,12H2,1-2H3,(H2,21,22,23). The van der Waals surface area contributed by atoms with Gasteiger partial charge in [0.05, 0.1) is 19.3 Å². The van der Waals surface area contributed by atoms with E-state index in [1.165, 1.54) is 18.9 Å². The van der Waals surface area contributed by atoms with Gasteiger partial charge in [0.15, 0.2) is 17.5 Å². The topological polar surface area (TPSA) is 45.7 Å². The molecule has 1 aromatic rings. The first kappa shape index (κ1) is 18.5. The summed E-state index contributed by atoms with van der Waals surface area (Å²) in [5.41, 5.74) is 0.808. The molecule has 1 aliphatic carbocycles. The smallest absolute Gasteiger partial charge is 0.191 e. The van der Waals surface area contributed by atoms with Crippen molar-refractivity contribution in [2.45, 2.75) is 39.2 Å². The van der Waals surface area contributed by atoms with Crippen LogP contribution < -0.4 is 15.4 Å². The number of aliphatic imine (C=N–C) groups is 1. The lowest BCUT2D eigenvalue weighted by Gasteiger charge is -2.19. The van der Waals surface area contributed by atoms with Crippen LogP contribution in [0.5, 0.6) is 5.75 Å². The summed E-state index contributed by atoms with van der Waals surface area (Å²) in [4.78, 5) is 4.30. The van der Waals surface area contributed by atoms with Crippen LogP contribution in [-0.4, -0.2) is 32.3 Å². The third-order valence-electron chi connectivity index (χ3n) is 3.89. The van der Waals surface area contributed by atoms with Gasteiger partial charge in [-0.15, -0.1) is 0 Å². The van der Waals surface area contributed by atoms with Gasteiger partial charge in [0.1, 0.15) is 0 Å². The lowest BCUT2D eigenvalue weighted by molar-refractivity contribution is 0.285. The molecule has 1 fully saturated rings. The highest BCUT2D eigenvalue weighted by molar-refractivity contribution is 5.80. The van der Waals surface area contributed by atoms with Crippen LogP contribution in [0, 0.1) is 11.7 Å². The van der Waals surface area contributed by atoms with Crippen molar-refractivity contribution < 1.29 is 13.5 Å². The highest BCUT2D eigenvalue weighted by Gasteiger charge is 2.22. The summed E-state index contributed by atoms with van der Waals surface area (Å²) >= 11 is 0. The minimum absolute atomic E-state index is 0.125. The fourth-order valence-electron chi connectivity index (χ4n) is 2.25. The van der Waals surface area contributed by atoms with Gasteiger partial charge >= 0.3 is 0 Å². The van der Waals surface area contributed by atoms with Crippen LogP contribution in [0.1, 0.15) is 44.7 Å². The molecule has 1 aromatic carbocycles. The third-order valence-corrected chi connectivity index (χ3v) is 3.89. The first-order chi connectivity index (χ1) is 11.6. The van der Waals surface area contributed by atoms with Crippen LogP contribution in [0.25, 0.3) is 0 Å². The molecular formula is C18H27F2N3O. The van der Waals surface area contributed by atoms with Gasteiger partial charge in [-0.2, -0.15) is 0 Å². The molecule has 2 N–H and O–H groups in total. The van der Waals surface area contributed by atoms with E-state index < -0.39 is 0 Å². The zero-order chi connectivity index (χ0) is 17.4. The monoisotopic (exact) mass is 339 g/mol. The lowest BCUT2D eigenvalue weighted by atomic mass is 10.1. The molecule has 0 amide bonds. The molecule has 0 heterocycles. The van der Waals surface area contributed by atoms with E-state index in [9.17, 15) is 8.78 Å². The maximum absolute atomic E-state index is 14.2. The summed E-state index contributed by atoms with van der Waals surface area (Å²) in [7, 11) is 0. The fourth-order valence-corrected chi connectivity index (χ4v) is 2.25. The van der Waals surface area contributed by atoms with Crippen LogP contribution in [0.3, 0.4) is 0 Å². The van der Waals surface area contributed by atoms with E-state index in [1.54, 1.807) is 6.07 Å². The predicted molar refractivity (Wildman–Crippen MR) is 92.7 cm³/mol. The Bertz CT molecular complexity index is 547. The maximum Gasteiger partial charge on any atom is 0.191 e. The van der Waals surface area contributed by atoms with Crippen molar-refractivity contribution in [2.24, 2.45) is 10.9 Å². The molecule has 134 valence electrons. The van der Waals surface area contributed by atoms with Gasteiger partial charge in [-0.1, -0.05) is 6.07 Å². The highest BCUT2D eigenvalue weighted by atomic mass is 19.1. The quantitative estimate of drug-likeness (QED) is 0.411. The summed E-state index contributed by atoms with van der Waals surface area (Å²) < 4.78 is 31.9. The van der Waals surface area contributed by atoms with E-state index in [1.807, 2.05) is 19.9 Å². The zero-order valence-corrected chi connectivity index (χ0v) is 14.4. The molecule has 0 aliphatic heterocycles. The predicted octanol–water partition coefficient (Wildman–Crippen LogP) is 3.59. The third kappa shape index (κ3) is 5.98. The second-order valence-corrected chi connectivity index (χ2v) is 6.11. The highest BCUT2D eigenvalue weighted by Crippen LogP contribution is 2.30. The first-order valence-electron chi connectivity index (χ1n) is 8.67. The molecule has 0 saturated heterocycles. The van der Waals surface area contributed by atoms with Gasteiger partial charge < -0.3 is 15.4 Å². The van der Waals surface area contributed by atoms with E-state index in [-0.39, 0.29) is 18.5 Å². The number of halogens is 2. The van der Waals surface area contributed by atoms with Gasteiger partial charge in [0.25, 0.3) is 0 Å². The summed E-state index contributed by atoms with van der Waals surface area (Å²) in [6.45, 7) is 5.23. The summed E-state index contributed by atoms with van der Waals surface area (Å²) in [6, 6.07) is 4.90. The lowest BCUT2D eigenvalue weighted by Crippen LogP contribution is -2.38. The Labute approximate surface area is 142 Å². The Morgan fingerprint density at radius 2 is 2.21 bits per heavy atom. The molecule has 24 heavy (non-hydrogen) atoms. The maximum atomic E-state index is 14.2. The number of benzene rings is 1. The van der Waals surface area contributed by atoms with Gasteiger partial charge in [-0.25, -0.2) is 4.39 Å². The Balaban J connectivity index is 1.95. The van der Waals surface area contributed by atoms with Crippen molar-refractivity contribution in [2.75, 3.05) is 26.4 Å². The van der Waals surface area contributed by atoms with Crippen molar-refractivity contribution in [1.82, 2.24) is 10.6 Å². The average molecular weight is 339 g/mol. The first-order valence-corrected chi connectivity index (χ1v) is 8.67. The minimum Gasteiger partial charge on any atom is -0.490 e. The molecule has 1 aliphatic rings. The van der Waals surface area contributed by atoms with Gasteiger partial charge in [-0.3, -0.25) is 9.38 Å². The number of alkyl halides is 1. The Morgan fingerprint density at radius 3 is 2.83 bits per heavy atom. The number of rotatable bonds is 9. The number of hydrogen-bond donors (Lipinski definition) is 2. The van der Waals surface area contributed by atoms with Crippen molar-refractivity contribution in [3.05, 3.63) is 29.6 Å². The summed E-state index contributed by atoms with van der Waals surface area (Å²) in [6.07, 6.45) is 2.75. The van der Waals surface area contributed by atoms with Gasteiger partial charge in [0, 0.05) is 13.1 Å². The molecule has 1 atom stereocenters. The van der Waals surface area contributed by atoms with Crippen LogP contribution in [-0.2, 0) is 0 Å². The second kappa shape index (κ2) is 9.45. The molecule has 4 nitrogen and oxygen atoms in total. The molecule has 0 radical (unpaired) electrons. The van der Waals surface area contributed by atoms with E-state index in [0.717, 1.165) is 5.56 Å². The molecule has 1 saturated carbocycles. The number of nitrogens with one attached hydrogen (secondary N) is 2. The molecule has 0 bridgehead atoms. The Morgan fingerprint density at radius 1 is 1.42 bits per heavy atom. The molecule has 0 spiro atoms. The summed E-state index contributed by atoms with van der Waals surface area (Å²) in [5, 5.41) is 6.31. The second-order valence-electron chi connectivity index (χ2n) is 6.11. The number of guanidine groups is 1. The SMILES string of the molecule is CCNC(=NCCCF)NC(C)c1ccc(OCC2CC2)c(F)c1. The van der Waals surface area contributed by atoms with Crippen LogP contribution >= 0.6 is 0 Å². The molecule has 2 rings (SSSR count). The Hall–Kier alpha value is -1.85. The van der Waals surface area contributed by atoms with Crippen LogP contribution in [0.4, 0.5) is 8.78 Å². The molecule has 0 aromatic heterocycles. The normalized spacial score (nSPS) is 15.9. The van der Waals surface area contributed by atoms with Gasteiger partial charge in [-0.05, 0) is 56.7 Å². The average Bonchev–Trinajstić information content (AvgIpc) is 3.38. The van der Waals surface area contributed by atoms with E-state index in [2.05, 4.69) is 15.6 Å². The minimum atomic E-state index is -0.383. The van der Waals surface area contributed by atoms with Gasteiger partial charge in [0.2, 0.25) is 0 Å². The number of hydrogen-bond acceptors (Lipinski definition) is 2. The van der Waals surface area contributed by atoms with Crippen LogP contribution in [0.15, 0.2) is 23.2 Å². The van der Waals surface area contributed by atoms with E-state index in [0.29, 0.717) is 43.7 Å². The number of nitrogens with zero attached hydrogens (tertiary/aromatic N) is 1. The largest absolute Gasteiger partial charge is 0.490 e. The number of ether oxygens (including phenoxy) is 1. The Kier molecular flexibility index (Phi) is 7.28. The van der Waals surface area contributed by atoms with Crippen molar-refractivity contribution >= 4 is 5.96 Å². The zero-order valence-electron chi connectivity index (χ0n) is 14.4. The van der Waals surface area contributed by atoms with E-state index in [4.69, 9.17) is 4.74 Å². The van der Waals surface area contributed by atoms with Crippen molar-refractivity contribution in [1.29, 1.82) is 0 Å².